The fourth-order valence-corrected chi connectivity index (χ4v) is 1.63. The van der Waals surface area contributed by atoms with E-state index in [4.69, 9.17) is 0 Å². The first-order valence-electron chi connectivity index (χ1n) is 6.09. The second kappa shape index (κ2) is 7.08. The zero-order valence-electron chi connectivity index (χ0n) is 11.5. The Labute approximate surface area is 112 Å². The van der Waals surface area contributed by atoms with E-state index in [-0.39, 0.29) is 25.5 Å². The van der Waals surface area contributed by atoms with E-state index in [1.54, 1.807) is 11.9 Å². The summed E-state index contributed by atoms with van der Waals surface area (Å²) in [5.41, 5.74) is 0. The van der Waals surface area contributed by atoms with Crippen molar-refractivity contribution in [2.75, 3.05) is 40.9 Å². The van der Waals surface area contributed by atoms with Crippen LogP contribution in [-0.2, 0) is 23.9 Å². The van der Waals surface area contributed by atoms with E-state index >= 15 is 0 Å². The molecule has 7 nitrogen and oxygen atoms in total. The molecule has 1 saturated carbocycles. The van der Waals surface area contributed by atoms with Crippen LogP contribution in [0.3, 0.4) is 0 Å². The Morgan fingerprint density at radius 1 is 1.00 bits per heavy atom. The smallest absolute Gasteiger partial charge is 0.319 e. The maximum Gasteiger partial charge on any atom is 0.319 e. The zero-order chi connectivity index (χ0) is 14.4. The molecule has 1 fully saturated rings. The molecule has 7 heteroatoms. The average Bonchev–Trinajstić information content (AvgIpc) is 3.21. The minimum absolute atomic E-state index is 0.00278. The van der Waals surface area contributed by atoms with E-state index in [2.05, 4.69) is 9.47 Å². The summed E-state index contributed by atoms with van der Waals surface area (Å²) in [6.07, 6.45) is 2.02. The molecule has 1 aliphatic carbocycles. The molecule has 0 aliphatic heterocycles. The van der Waals surface area contributed by atoms with Crippen molar-refractivity contribution in [1.29, 1.82) is 0 Å². The highest BCUT2D eigenvalue weighted by atomic mass is 16.5. The number of nitrogens with zero attached hydrogens (tertiary/aromatic N) is 2. The third-order valence-electron chi connectivity index (χ3n) is 3.01. The Morgan fingerprint density at radius 2 is 1.47 bits per heavy atom. The summed E-state index contributed by atoms with van der Waals surface area (Å²) >= 11 is 0. The lowest BCUT2D eigenvalue weighted by Crippen LogP contribution is -2.43. The summed E-state index contributed by atoms with van der Waals surface area (Å²) in [5.74, 6) is -1.10. The maximum absolute atomic E-state index is 12.0. The zero-order valence-corrected chi connectivity index (χ0v) is 11.5. The first-order chi connectivity index (χ1) is 8.97. The van der Waals surface area contributed by atoms with Crippen LogP contribution >= 0.6 is 0 Å². The third kappa shape index (κ3) is 5.25. The van der Waals surface area contributed by atoms with Gasteiger partial charge in [0.05, 0.1) is 33.9 Å². The number of methoxy groups -OCH3 is 2. The van der Waals surface area contributed by atoms with E-state index in [0.29, 0.717) is 6.04 Å². The lowest BCUT2D eigenvalue weighted by molar-refractivity contribution is -0.146. The van der Waals surface area contributed by atoms with Gasteiger partial charge in [0.2, 0.25) is 5.91 Å². The molecule has 1 rings (SSSR count). The standard InChI is InChI=1S/C12H20N2O5/c1-13(9-4-5-9)10(15)6-14(7-11(16)18-2)8-12(17)19-3/h9H,4-8H2,1-3H3. The van der Waals surface area contributed by atoms with Crippen molar-refractivity contribution in [3.05, 3.63) is 0 Å². The molecule has 0 heterocycles. The number of amides is 1. The van der Waals surface area contributed by atoms with Crippen LogP contribution < -0.4 is 0 Å². The molecule has 0 unspecified atom stereocenters. The molecule has 0 saturated heterocycles. The van der Waals surface area contributed by atoms with Crippen LogP contribution in [0.2, 0.25) is 0 Å². The number of carbonyl (C=O) groups excluding carboxylic acids is 3. The summed E-state index contributed by atoms with van der Waals surface area (Å²) < 4.78 is 9.08. The van der Waals surface area contributed by atoms with E-state index in [0.717, 1.165) is 12.8 Å². The van der Waals surface area contributed by atoms with Crippen LogP contribution in [0.15, 0.2) is 0 Å². The molecule has 0 spiro atoms. The molecular weight excluding hydrogens is 252 g/mol. The fraction of sp³-hybridized carbons (Fsp3) is 0.750. The number of rotatable bonds is 7. The molecule has 0 radical (unpaired) electrons. The molecular formula is C12H20N2O5. The second-order valence-electron chi connectivity index (χ2n) is 4.53. The van der Waals surface area contributed by atoms with Gasteiger partial charge in [-0.3, -0.25) is 19.3 Å². The maximum atomic E-state index is 12.0. The van der Waals surface area contributed by atoms with Crippen LogP contribution in [0.5, 0.6) is 0 Å². The van der Waals surface area contributed by atoms with Gasteiger partial charge in [0, 0.05) is 13.1 Å². The van der Waals surface area contributed by atoms with E-state index < -0.39 is 11.9 Å². The molecule has 19 heavy (non-hydrogen) atoms. The molecule has 0 aromatic heterocycles. The number of ether oxygens (including phenoxy) is 2. The van der Waals surface area contributed by atoms with Gasteiger partial charge in [-0.05, 0) is 12.8 Å². The van der Waals surface area contributed by atoms with E-state index in [9.17, 15) is 14.4 Å². The first-order valence-corrected chi connectivity index (χ1v) is 6.09. The SMILES string of the molecule is COC(=O)CN(CC(=O)OC)CC(=O)N(C)C1CC1. The van der Waals surface area contributed by atoms with Crippen LogP contribution in [0.1, 0.15) is 12.8 Å². The molecule has 0 N–H and O–H groups in total. The van der Waals surface area contributed by atoms with Crippen molar-refractivity contribution in [3.63, 3.8) is 0 Å². The Hall–Kier alpha value is -1.63. The highest BCUT2D eigenvalue weighted by Crippen LogP contribution is 2.25. The van der Waals surface area contributed by atoms with Crippen LogP contribution in [-0.4, -0.2) is 74.6 Å². The highest BCUT2D eigenvalue weighted by Gasteiger charge is 2.30. The Bertz CT molecular complexity index is 336. The molecule has 1 aliphatic rings. The van der Waals surface area contributed by atoms with Gasteiger partial charge in [-0.15, -0.1) is 0 Å². The first kappa shape index (κ1) is 15.4. The van der Waals surface area contributed by atoms with E-state index in [1.807, 2.05) is 0 Å². The minimum Gasteiger partial charge on any atom is -0.468 e. The quantitative estimate of drug-likeness (QED) is 0.568. The topological polar surface area (TPSA) is 76.1 Å². The monoisotopic (exact) mass is 272 g/mol. The minimum atomic E-state index is -0.495. The number of hydrogen-bond acceptors (Lipinski definition) is 6. The van der Waals surface area contributed by atoms with Gasteiger partial charge < -0.3 is 14.4 Å². The Balaban J connectivity index is 2.53. The van der Waals surface area contributed by atoms with Gasteiger partial charge in [0.25, 0.3) is 0 Å². The summed E-state index contributed by atoms with van der Waals surface area (Å²) in [5, 5.41) is 0. The van der Waals surface area contributed by atoms with Crippen LogP contribution in [0.4, 0.5) is 0 Å². The Morgan fingerprint density at radius 3 is 1.84 bits per heavy atom. The number of esters is 2. The van der Waals surface area contributed by atoms with Crippen molar-refractivity contribution in [2.24, 2.45) is 0 Å². The molecule has 0 atom stereocenters. The lowest BCUT2D eigenvalue weighted by Gasteiger charge is -2.23. The molecule has 0 bridgehead atoms. The summed E-state index contributed by atoms with van der Waals surface area (Å²) in [7, 11) is 4.25. The fourth-order valence-electron chi connectivity index (χ4n) is 1.63. The molecule has 108 valence electrons. The predicted octanol–water partition coefficient (Wildman–Crippen LogP) is -0.745. The molecule has 0 aromatic rings. The predicted molar refractivity (Wildman–Crippen MR) is 66.3 cm³/mol. The molecule has 1 amide bonds. The number of carbonyl (C=O) groups is 3. The summed E-state index contributed by atoms with van der Waals surface area (Å²) in [6.45, 7) is -0.233. The van der Waals surface area contributed by atoms with Gasteiger partial charge >= 0.3 is 11.9 Å². The van der Waals surface area contributed by atoms with Gasteiger partial charge in [-0.2, -0.15) is 0 Å². The average molecular weight is 272 g/mol. The normalized spacial score (nSPS) is 14.1. The van der Waals surface area contributed by atoms with Crippen molar-refractivity contribution < 1.29 is 23.9 Å². The number of likely N-dealkylation sites (N-methyl/N-ethyl adjacent to an activating group) is 1. The van der Waals surface area contributed by atoms with Crippen molar-refractivity contribution in [1.82, 2.24) is 9.80 Å². The van der Waals surface area contributed by atoms with Crippen LogP contribution in [0.25, 0.3) is 0 Å². The van der Waals surface area contributed by atoms with Crippen LogP contribution in [0, 0.1) is 0 Å². The van der Waals surface area contributed by atoms with Gasteiger partial charge in [0.1, 0.15) is 0 Å². The lowest BCUT2D eigenvalue weighted by atomic mass is 10.4. The molecule has 0 aromatic carbocycles. The Kier molecular flexibility index (Phi) is 5.75. The van der Waals surface area contributed by atoms with Crippen molar-refractivity contribution in [2.45, 2.75) is 18.9 Å². The van der Waals surface area contributed by atoms with Gasteiger partial charge in [0.15, 0.2) is 0 Å². The summed E-state index contributed by atoms with van der Waals surface area (Å²) in [4.78, 5) is 37.5. The van der Waals surface area contributed by atoms with Gasteiger partial charge in [-0.1, -0.05) is 0 Å². The summed E-state index contributed by atoms with van der Waals surface area (Å²) in [6, 6.07) is 0.297. The van der Waals surface area contributed by atoms with Crippen molar-refractivity contribution in [3.8, 4) is 0 Å². The van der Waals surface area contributed by atoms with Crippen molar-refractivity contribution >= 4 is 17.8 Å². The highest BCUT2D eigenvalue weighted by molar-refractivity contribution is 5.81. The third-order valence-corrected chi connectivity index (χ3v) is 3.01. The largest absolute Gasteiger partial charge is 0.468 e. The second-order valence-corrected chi connectivity index (χ2v) is 4.53. The number of hydrogen-bond donors (Lipinski definition) is 0. The van der Waals surface area contributed by atoms with Gasteiger partial charge in [-0.25, -0.2) is 0 Å². The van der Waals surface area contributed by atoms with E-state index in [1.165, 1.54) is 19.1 Å².